The van der Waals surface area contributed by atoms with E-state index in [1.807, 2.05) is 48.6 Å². The van der Waals surface area contributed by atoms with Gasteiger partial charge in [0.25, 0.3) is 0 Å². The molecule has 13 nitrogen and oxygen atoms in total. The molecule has 1 radical (unpaired) electrons. The zero-order valence-electron chi connectivity index (χ0n) is 28.2. The first-order valence-corrected chi connectivity index (χ1v) is 21.6. The molecule has 3 aliphatic heterocycles. The van der Waals surface area contributed by atoms with Gasteiger partial charge in [0.1, 0.15) is 13.2 Å². The van der Waals surface area contributed by atoms with Crippen LogP contribution in [0.3, 0.4) is 0 Å². The molecular formula is C33H57IN2O11P3V+. The summed E-state index contributed by atoms with van der Waals surface area (Å²) in [5.74, 6) is 0. The molecule has 3 fully saturated rings. The van der Waals surface area contributed by atoms with Crippen molar-refractivity contribution in [3.8, 4) is 0 Å². The van der Waals surface area contributed by atoms with Crippen molar-refractivity contribution >= 4 is 46.5 Å². The zero-order chi connectivity index (χ0) is 35.4. The van der Waals surface area contributed by atoms with E-state index < -0.39 is 23.9 Å². The number of rotatable bonds is 13. The first kappa shape index (κ1) is 52.8. The summed E-state index contributed by atoms with van der Waals surface area (Å²) in [4.78, 5) is 29.2. The molecule has 3 unspecified atom stereocenters. The monoisotopic (exact) mass is 928 g/mol. The molecule has 5 rings (SSSR count). The molecule has 0 spiro atoms. The maximum absolute atomic E-state index is 11.9. The van der Waals surface area contributed by atoms with Gasteiger partial charge in [-0.1, -0.05) is 27.0 Å². The van der Waals surface area contributed by atoms with Gasteiger partial charge in [-0.05, 0) is 81.6 Å². The molecule has 51 heavy (non-hydrogen) atoms. The Hall–Kier alpha value is -0.276. The van der Waals surface area contributed by atoms with Crippen LogP contribution in [0.1, 0.15) is 85.3 Å². The first-order valence-electron chi connectivity index (χ1n) is 15.8. The Bertz CT molecular complexity index is 1250. The van der Waals surface area contributed by atoms with E-state index in [0.29, 0.717) is 24.4 Å². The number of halogens is 1. The second-order valence-corrected chi connectivity index (χ2v) is 15.4. The van der Waals surface area contributed by atoms with Crippen molar-refractivity contribution in [1.29, 1.82) is 0 Å². The fraction of sp³-hybridized carbons (Fsp3) is 0.667. The Morgan fingerprint density at radius 2 is 1.24 bits per heavy atom. The standard InChI is InChI=1S/C12H18NO4P.C12H17NO3P.C6H11O4P.CH2I.2CH4.V/c1-10-4-5-12(17-10)8-16-18(14,15)9-11-3-2-6-13-7-11;1-10-4-5-12(16-10)8-15-17(14)9-11-3-2-6-13-7-11;1-5-2-3-6(10-5)4-9-11(7)8;1-2;;;/h2-3,6-7,10,12H,4-5,8-9H2,1H3,(H,14,15);2-3,6-7,10,12H,4-5,8-9H2,1H3;5-6H,2-4H2,1H3;1H2;2*1H4;/q;+1;;-1;;;/p+1/t2*10-,12-;5-,6-;;;;/m000..../s1. The van der Waals surface area contributed by atoms with Crippen LogP contribution < -0.4 is 0 Å². The summed E-state index contributed by atoms with van der Waals surface area (Å²) in [6.45, 7) is 6.87. The van der Waals surface area contributed by atoms with Crippen molar-refractivity contribution in [1.82, 2.24) is 9.97 Å². The number of pyridine rings is 2. The molecule has 9 atom stereocenters. The van der Waals surface area contributed by atoms with Gasteiger partial charge in [-0.25, -0.2) is 0 Å². The Morgan fingerprint density at radius 1 is 0.804 bits per heavy atom. The summed E-state index contributed by atoms with van der Waals surface area (Å²) in [5, 5.41) is 0. The molecule has 2 N–H and O–H groups in total. The Labute approximate surface area is 332 Å². The van der Waals surface area contributed by atoms with Gasteiger partial charge >= 0.3 is 23.9 Å². The largest absolute Gasteiger partial charge is 0.694 e. The van der Waals surface area contributed by atoms with E-state index in [1.165, 1.54) is 0 Å². The van der Waals surface area contributed by atoms with Crippen molar-refractivity contribution in [2.24, 2.45) is 0 Å². The summed E-state index contributed by atoms with van der Waals surface area (Å²) < 4.78 is 65.1. The average Bonchev–Trinajstić information content (AvgIpc) is 3.81. The topological polar surface area (TPSA) is 173 Å². The van der Waals surface area contributed by atoms with Crippen molar-refractivity contribution in [2.75, 3.05) is 19.8 Å². The molecule has 0 aromatic carbocycles. The molecule has 0 bridgehead atoms. The number of ether oxygens (including phenoxy) is 3. The third-order valence-electron chi connectivity index (χ3n) is 7.34. The predicted octanol–water partition coefficient (Wildman–Crippen LogP) is 8.96. The molecule has 18 heteroatoms. The van der Waals surface area contributed by atoms with Crippen molar-refractivity contribution in [3.05, 3.63) is 65.1 Å². The SMILES string of the molecule is C.C.C[C@H]1CC[C@@H](COP(=O)(O)Cc2cccnc2)O1.C[C@H]1CC[C@@H](CO[P+](=O)Cc2cccnc2)O1.C[C@H]1CC[C@@H](CO[P+](=O)O)O1.[CH2-]I.[V]. The summed E-state index contributed by atoms with van der Waals surface area (Å²) in [6.07, 6.45) is 13.7. The minimum absolute atomic E-state index is 0. The Morgan fingerprint density at radius 3 is 1.63 bits per heavy atom. The van der Waals surface area contributed by atoms with Crippen LogP contribution in [0.2, 0.25) is 0 Å². The van der Waals surface area contributed by atoms with Crippen LogP contribution in [-0.2, 0) is 72.4 Å². The maximum atomic E-state index is 11.9. The fourth-order valence-electron chi connectivity index (χ4n) is 4.99. The van der Waals surface area contributed by atoms with Gasteiger partial charge in [0.2, 0.25) is 6.16 Å². The summed E-state index contributed by atoms with van der Waals surface area (Å²) in [7, 11) is -7.72. The van der Waals surface area contributed by atoms with Gasteiger partial charge in [0.05, 0.1) is 49.4 Å². The van der Waals surface area contributed by atoms with Crippen molar-refractivity contribution in [2.45, 2.75) is 123 Å². The van der Waals surface area contributed by atoms with E-state index in [2.05, 4.69) is 26.3 Å². The maximum Gasteiger partial charge on any atom is 0.694 e. The summed E-state index contributed by atoms with van der Waals surface area (Å²) >= 11 is 1.90. The minimum atomic E-state index is -3.61. The fourth-order valence-corrected chi connectivity index (χ4v) is 7.33. The van der Waals surface area contributed by atoms with Crippen LogP contribution in [0.4, 0.5) is 0 Å². The van der Waals surface area contributed by atoms with Gasteiger partial charge in [0, 0.05) is 53.5 Å². The third-order valence-corrected chi connectivity index (χ3v) is 10.1. The van der Waals surface area contributed by atoms with Crippen LogP contribution in [0, 0.1) is 4.93 Å². The third kappa shape index (κ3) is 24.7. The predicted molar refractivity (Wildman–Crippen MR) is 205 cm³/mol. The van der Waals surface area contributed by atoms with E-state index in [-0.39, 0.29) is 83.3 Å². The molecule has 3 aliphatic rings. The molecule has 2 aromatic heterocycles. The number of hydrogen-bond donors (Lipinski definition) is 2. The molecule has 2 aromatic rings. The van der Waals surface area contributed by atoms with Crippen LogP contribution in [0.15, 0.2) is 49.1 Å². The van der Waals surface area contributed by atoms with E-state index in [0.717, 1.165) is 44.1 Å². The number of hydrogen-bond acceptors (Lipinski definition) is 11. The van der Waals surface area contributed by atoms with Crippen LogP contribution >= 0.6 is 46.5 Å². The van der Waals surface area contributed by atoms with Gasteiger partial charge in [-0.3, -0.25) is 19.5 Å². The average molecular weight is 929 g/mol. The molecule has 0 amide bonds. The summed E-state index contributed by atoms with van der Waals surface area (Å²) in [5.41, 5.74) is 1.64. The van der Waals surface area contributed by atoms with E-state index in [1.54, 1.807) is 36.9 Å². The second kappa shape index (κ2) is 30.0. The second-order valence-electron chi connectivity index (χ2n) is 11.6. The van der Waals surface area contributed by atoms with Gasteiger partial charge in [-0.15, -0.1) is 13.9 Å². The van der Waals surface area contributed by atoms with E-state index in [9.17, 15) is 18.6 Å². The molecule has 0 saturated carbocycles. The van der Waals surface area contributed by atoms with Crippen LogP contribution in [0.5, 0.6) is 0 Å². The number of aromatic nitrogens is 2. The normalized spacial score (nSPS) is 24.9. The Balaban J connectivity index is 0. The minimum Gasteiger partial charge on any atom is -0.373 e. The van der Waals surface area contributed by atoms with Crippen molar-refractivity contribution < 1.29 is 69.8 Å². The van der Waals surface area contributed by atoms with Gasteiger partial charge in [0.15, 0.2) is 0 Å². The molecular weight excluding hydrogens is 871 g/mol. The zero-order valence-corrected chi connectivity index (χ0v) is 34.4. The van der Waals surface area contributed by atoms with E-state index in [4.69, 9.17) is 28.2 Å². The molecule has 291 valence electrons. The molecule has 5 heterocycles. The molecule has 0 aliphatic carbocycles. The van der Waals surface area contributed by atoms with Gasteiger partial charge < -0.3 is 46.2 Å². The van der Waals surface area contributed by atoms with Crippen LogP contribution in [-0.4, -0.2) is 76.2 Å². The summed E-state index contributed by atoms with van der Waals surface area (Å²) in [6, 6.07) is 7.22. The molecule has 3 saturated heterocycles. The van der Waals surface area contributed by atoms with E-state index >= 15 is 0 Å². The Kier molecular flexibility index (Phi) is 31.1. The first-order chi connectivity index (χ1) is 23.0. The quantitative estimate of drug-likeness (QED) is 0.111. The number of nitrogens with zero attached hydrogens (tertiary/aromatic N) is 2. The van der Waals surface area contributed by atoms with Gasteiger partial charge in [-0.2, -0.15) is 0 Å². The van der Waals surface area contributed by atoms with Crippen molar-refractivity contribution in [3.63, 3.8) is 0 Å². The smallest absolute Gasteiger partial charge is 0.373 e. The van der Waals surface area contributed by atoms with Crippen LogP contribution in [0.25, 0.3) is 0 Å².